The zero-order valence-corrected chi connectivity index (χ0v) is 7.60. The SMILES string of the molecule is CCC(CC(=O)O)NC(=O)CCl. The van der Waals surface area contributed by atoms with E-state index in [9.17, 15) is 9.59 Å². The quantitative estimate of drug-likeness (QED) is 0.629. The van der Waals surface area contributed by atoms with Gasteiger partial charge in [-0.3, -0.25) is 9.59 Å². The summed E-state index contributed by atoms with van der Waals surface area (Å²) in [5, 5.41) is 10.9. The Morgan fingerprint density at radius 2 is 2.17 bits per heavy atom. The van der Waals surface area contributed by atoms with Crippen LogP contribution in [0.5, 0.6) is 0 Å². The minimum absolute atomic E-state index is 0.0564. The number of alkyl halides is 1. The molecule has 4 nitrogen and oxygen atoms in total. The standard InChI is InChI=1S/C7H12ClNO3/c1-2-5(3-7(11)12)9-6(10)4-8/h5H,2-4H2,1H3,(H,9,10)(H,11,12). The van der Waals surface area contributed by atoms with Crippen molar-refractivity contribution >= 4 is 23.5 Å². The number of amides is 1. The molecule has 1 amide bonds. The van der Waals surface area contributed by atoms with Gasteiger partial charge in [-0.05, 0) is 6.42 Å². The molecule has 0 saturated carbocycles. The highest BCUT2D eigenvalue weighted by molar-refractivity contribution is 6.27. The number of hydrogen-bond acceptors (Lipinski definition) is 2. The fraction of sp³-hybridized carbons (Fsp3) is 0.714. The molecule has 0 saturated heterocycles. The molecule has 0 aromatic rings. The molecule has 0 rings (SSSR count). The summed E-state index contributed by atoms with van der Waals surface area (Å²) in [6.07, 6.45) is 0.536. The molecule has 5 heteroatoms. The number of rotatable bonds is 5. The Bertz CT molecular complexity index is 172. The van der Waals surface area contributed by atoms with Crippen molar-refractivity contribution in [3.8, 4) is 0 Å². The van der Waals surface area contributed by atoms with Crippen molar-refractivity contribution < 1.29 is 14.7 Å². The van der Waals surface area contributed by atoms with E-state index in [2.05, 4.69) is 5.32 Å². The van der Waals surface area contributed by atoms with Crippen molar-refractivity contribution in [2.75, 3.05) is 5.88 Å². The Kier molecular flexibility index (Phi) is 5.45. The molecule has 0 heterocycles. The van der Waals surface area contributed by atoms with Crippen molar-refractivity contribution in [1.82, 2.24) is 5.32 Å². The third-order valence-corrected chi connectivity index (χ3v) is 1.64. The summed E-state index contributed by atoms with van der Waals surface area (Å²) in [4.78, 5) is 21.0. The molecule has 0 aliphatic carbocycles. The van der Waals surface area contributed by atoms with Crippen LogP contribution in [0.25, 0.3) is 0 Å². The van der Waals surface area contributed by atoms with E-state index in [1.54, 1.807) is 0 Å². The maximum absolute atomic E-state index is 10.7. The van der Waals surface area contributed by atoms with Gasteiger partial charge in [0.1, 0.15) is 5.88 Å². The summed E-state index contributed by atoms with van der Waals surface area (Å²) >= 11 is 5.23. The molecule has 0 spiro atoms. The van der Waals surface area contributed by atoms with Crippen molar-refractivity contribution in [2.45, 2.75) is 25.8 Å². The lowest BCUT2D eigenvalue weighted by atomic mass is 10.1. The third kappa shape index (κ3) is 4.96. The van der Waals surface area contributed by atoms with Crippen molar-refractivity contribution in [3.05, 3.63) is 0 Å². The zero-order chi connectivity index (χ0) is 9.56. The molecule has 0 aliphatic heterocycles. The lowest BCUT2D eigenvalue weighted by Crippen LogP contribution is -2.36. The second-order valence-corrected chi connectivity index (χ2v) is 2.67. The normalized spacial score (nSPS) is 12.2. The number of halogens is 1. The topological polar surface area (TPSA) is 66.4 Å². The van der Waals surface area contributed by atoms with Gasteiger partial charge in [0.25, 0.3) is 0 Å². The number of carboxylic acids is 1. The number of carboxylic acid groups (broad SMARTS) is 1. The van der Waals surface area contributed by atoms with Crippen LogP contribution in [0.4, 0.5) is 0 Å². The Balaban J connectivity index is 3.82. The van der Waals surface area contributed by atoms with Crippen LogP contribution < -0.4 is 5.32 Å². The van der Waals surface area contributed by atoms with Crippen LogP contribution in [0.2, 0.25) is 0 Å². The van der Waals surface area contributed by atoms with E-state index in [1.807, 2.05) is 6.92 Å². The van der Waals surface area contributed by atoms with Crippen LogP contribution in [-0.4, -0.2) is 28.9 Å². The molecule has 0 aromatic heterocycles. The summed E-state index contributed by atoms with van der Waals surface area (Å²) in [5.74, 6) is -1.38. The lowest BCUT2D eigenvalue weighted by molar-refractivity contribution is -0.137. The van der Waals surface area contributed by atoms with Gasteiger partial charge in [0.15, 0.2) is 0 Å². The van der Waals surface area contributed by atoms with Crippen molar-refractivity contribution in [3.63, 3.8) is 0 Å². The zero-order valence-electron chi connectivity index (χ0n) is 6.84. The first-order chi connectivity index (χ1) is 5.60. The second-order valence-electron chi connectivity index (χ2n) is 2.40. The van der Waals surface area contributed by atoms with Gasteiger partial charge in [0, 0.05) is 6.04 Å². The minimum Gasteiger partial charge on any atom is -0.481 e. The maximum Gasteiger partial charge on any atom is 0.305 e. The summed E-state index contributed by atoms with van der Waals surface area (Å²) < 4.78 is 0. The highest BCUT2D eigenvalue weighted by atomic mass is 35.5. The van der Waals surface area contributed by atoms with Crippen LogP contribution >= 0.6 is 11.6 Å². The van der Waals surface area contributed by atoms with Crippen LogP contribution in [0.15, 0.2) is 0 Å². The fourth-order valence-electron chi connectivity index (χ4n) is 0.774. The van der Waals surface area contributed by atoms with E-state index >= 15 is 0 Å². The van der Waals surface area contributed by atoms with Gasteiger partial charge >= 0.3 is 5.97 Å². The number of nitrogens with one attached hydrogen (secondary N) is 1. The monoisotopic (exact) mass is 193 g/mol. The molecular formula is C7H12ClNO3. The van der Waals surface area contributed by atoms with Crippen molar-refractivity contribution in [2.24, 2.45) is 0 Å². The Morgan fingerprint density at radius 3 is 2.50 bits per heavy atom. The van der Waals surface area contributed by atoms with Crippen molar-refractivity contribution in [1.29, 1.82) is 0 Å². The summed E-state index contributed by atoms with van der Waals surface area (Å²) in [6, 6.07) is -0.311. The largest absolute Gasteiger partial charge is 0.481 e. The molecule has 70 valence electrons. The van der Waals surface area contributed by atoms with Gasteiger partial charge in [0.05, 0.1) is 6.42 Å². The first-order valence-corrected chi connectivity index (χ1v) is 4.20. The van der Waals surface area contributed by atoms with Gasteiger partial charge in [0.2, 0.25) is 5.91 Å². The Labute approximate surface area is 75.9 Å². The second kappa shape index (κ2) is 5.83. The predicted molar refractivity (Wildman–Crippen MR) is 45.2 cm³/mol. The number of hydrogen-bond donors (Lipinski definition) is 2. The van der Waals surface area contributed by atoms with Gasteiger partial charge in [-0.15, -0.1) is 11.6 Å². The molecule has 0 aromatic carbocycles. The molecule has 2 N–H and O–H groups in total. The smallest absolute Gasteiger partial charge is 0.305 e. The Hall–Kier alpha value is -0.770. The van der Waals surface area contributed by atoms with Crippen LogP contribution in [0.1, 0.15) is 19.8 Å². The van der Waals surface area contributed by atoms with Gasteiger partial charge in [-0.2, -0.15) is 0 Å². The van der Waals surface area contributed by atoms with E-state index in [0.717, 1.165) is 0 Å². The number of aliphatic carboxylic acids is 1. The van der Waals surface area contributed by atoms with Gasteiger partial charge in [-0.1, -0.05) is 6.92 Å². The number of carbonyl (C=O) groups is 2. The van der Waals surface area contributed by atoms with Gasteiger partial charge in [-0.25, -0.2) is 0 Å². The van der Waals surface area contributed by atoms with Crippen LogP contribution in [0, 0.1) is 0 Å². The first kappa shape index (κ1) is 11.2. The highest BCUT2D eigenvalue weighted by Gasteiger charge is 2.12. The minimum atomic E-state index is -0.920. The number of carbonyl (C=O) groups excluding carboxylic acids is 1. The molecule has 1 atom stereocenters. The molecule has 12 heavy (non-hydrogen) atoms. The maximum atomic E-state index is 10.7. The first-order valence-electron chi connectivity index (χ1n) is 3.67. The average Bonchev–Trinajstić information content (AvgIpc) is 2.02. The molecule has 0 aliphatic rings. The van der Waals surface area contributed by atoms with Crippen LogP contribution in [0.3, 0.4) is 0 Å². The Morgan fingerprint density at radius 1 is 1.58 bits per heavy atom. The average molecular weight is 194 g/mol. The summed E-state index contributed by atoms with van der Waals surface area (Å²) in [5.41, 5.74) is 0. The molecular weight excluding hydrogens is 182 g/mol. The van der Waals surface area contributed by atoms with E-state index < -0.39 is 5.97 Å². The molecule has 0 bridgehead atoms. The van der Waals surface area contributed by atoms with E-state index in [1.165, 1.54) is 0 Å². The molecule has 0 fully saturated rings. The van der Waals surface area contributed by atoms with E-state index in [4.69, 9.17) is 16.7 Å². The third-order valence-electron chi connectivity index (χ3n) is 1.40. The fourth-order valence-corrected chi connectivity index (χ4v) is 0.852. The lowest BCUT2D eigenvalue weighted by Gasteiger charge is -2.13. The molecule has 0 radical (unpaired) electrons. The van der Waals surface area contributed by atoms with E-state index in [0.29, 0.717) is 6.42 Å². The van der Waals surface area contributed by atoms with Crippen LogP contribution in [-0.2, 0) is 9.59 Å². The predicted octanol–water partition coefficient (Wildman–Crippen LogP) is 0.595. The molecule has 1 unspecified atom stereocenters. The summed E-state index contributed by atoms with van der Waals surface area (Å²) in [7, 11) is 0. The van der Waals surface area contributed by atoms with E-state index in [-0.39, 0.29) is 24.2 Å². The highest BCUT2D eigenvalue weighted by Crippen LogP contribution is 1.97. The summed E-state index contributed by atoms with van der Waals surface area (Å²) in [6.45, 7) is 1.81. The van der Waals surface area contributed by atoms with Gasteiger partial charge < -0.3 is 10.4 Å².